The standard InChI is InChI=1S/C14H14O5Si/c15-20(18-16-11-13-7-3-1-4-8-13)19-17-12-14-9-5-2-6-10-14/h1-10H,11-12H2. The van der Waals surface area contributed by atoms with Gasteiger partial charge in [-0.05, 0) is 11.1 Å². The lowest BCUT2D eigenvalue weighted by Gasteiger charge is -2.04. The third kappa shape index (κ3) is 5.31. The second-order valence-electron chi connectivity index (χ2n) is 3.91. The molecule has 0 radical (unpaired) electrons. The van der Waals surface area contributed by atoms with Crippen LogP contribution in [-0.2, 0) is 36.6 Å². The van der Waals surface area contributed by atoms with Crippen molar-refractivity contribution < 1.29 is 23.4 Å². The van der Waals surface area contributed by atoms with Gasteiger partial charge in [0.1, 0.15) is 13.2 Å². The van der Waals surface area contributed by atoms with Gasteiger partial charge < -0.3 is 9.15 Å². The van der Waals surface area contributed by atoms with Gasteiger partial charge in [0.15, 0.2) is 0 Å². The molecule has 104 valence electrons. The lowest BCUT2D eigenvalue weighted by molar-refractivity contribution is -0.296. The van der Waals surface area contributed by atoms with E-state index in [-0.39, 0.29) is 13.2 Å². The zero-order valence-electron chi connectivity index (χ0n) is 10.7. The highest BCUT2D eigenvalue weighted by Crippen LogP contribution is 2.02. The normalized spacial score (nSPS) is 10.0. The van der Waals surface area contributed by atoms with Crippen molar-refractivity contribution >= 4 is 9.17 Å². The van der Waals surface area contributed by atoms with E-state index in [1.807, 2.05) is 60.7 Å². The van der Waals surface area contributed by atoms with Crippen LogP contribution >= 0.6 is 0 Å². The van der Waals surface area contributed by atoms with Crippen molar-refractivity contribution in [1.82, 2.24) is 0 Å². The van der Waals surface area contributed by atoms with E-state index in [0.29, 0.717) is 0 Å². The molecule has 0 heterocycles. The molecule has 0 bridgehead atoms. The van der Waals surface area contributed by atoms with E-state index in [9.17, 15) is 4.46 Å². The Labute approximate surface area is 118 Å². The quantitative estimate of drug-likeness (QED) is 0.425. The Morgan fingerprint density at radius 2 is 1.10 bits per heavy atom. The average molecular weight is 290 g/mol. The van der Waals surface area contributed by atoms with Crippen LogP contribution in [0.1, 0.15) is 11.1 Å². The maximum absolute atomic E-state index is 11.3. The largest absolute Gasteiger partial charge is 0.834 e. The van der Waals surface area contributed by atoms with Crippen molar-refractivity contribution in [1.29, 1.82) is 0 Å². The van der Waals surface area contributed by atoms with Crippen LogP contribution in [-0.4, -0.2) is 9.17 Å². The minimum Gasteiger partial charge on any atom is -0.327 e. The lowest BCUT2D eigenvalue weighted by atomic mass is 10.2. The van der Waals surface area contributed by atoms with E-state index in [2.05, 4.69) is 9.15 Å². The molecule has 0 saturated carbocycles. The van der Waals surface area contributed by atoms with Crippen molar-refractivity contribution in [3.63, 3.8) is 0 Å². The van der Waals surface area contributed by atoms with Crippen LogP contribution in [0.5, 0.6) is 0 Å². The number of hydrogen-bond donors (Lipinski definition) is 0. The zero-order valence-corrected chi connectivity index (χ0v) is 11.7. The first-order valence-corrected chi connectivity index (χ1v) is 7.28. The first kappa shape index (κ1) is 14.4. The number of rotatable bonds is 8. The summed E-state index contributed by atoms with van der Waals surface area (Å²) in [6.45, 7) is 0.387. The third-order valence-electron chi connectivity index (χ3n) is 2.39. The predicted octanol–water partition coefficient (Wildman–Crippen LogP) is 2.70. The van der Waals surface area contributed by atoms with Gasteiger partial charge >= 0.3 is 9.17 Å². The molecule has 0 saturated heterocycles. The Hall–Kier alpha value is -2.02. The molecule has 2 aromatic carbocycles. The van der Waals surface area contributed by atoms with Gasteiger partial charge in [-0.1, -0.05) is 60.7 Å². The molecule has 0 aliphatic rings. The van der Waals surface area contributed by atoms with Crippen molar-refractivity contribution in [2.45, 2.75) is 13.2 Å². The monoisotopic (exact) mass is 290 g/mol. The summed E-state index contributed by atoms with van der Waals surface area (Å²) in [6.07, 6.45) is 0. The van der Waals surface area contributed by atoms with Gasteiger partial charge in [0, 0.05) is 0 Å². The molecule has 5 nitrogen and oxygen atoms in total. The highest BCUT2D eigenvalue weighted by Gasteiger charge is 2.14. The summed E-state index contributed by atoms with van der Waals surface area (Å²) in [6, 6.07) is 18.8. The Morgan fingerprint density at radius 1 is 0.700 bits per heavy atom. The molecule has 6 heteroatoms. The Bertz CT molecular complexity index is 470. The molecule has 0 N–H and O–H groups in total. The molecule has 2 rings (SSSR count). The summed E-state index contributed by atoms with van der Waals surface area (Å²) >= 11 is 0. The third-order valence-corrected chi connectivity index (χ3v) is 2.90. The highest BCUT2D eigenvalue weighted by atomic mass is 28.3. The van der Waals surface area contributed by atoms with Crippen molar-refractivity contribution in [3.8, 4) is 0 Å². The molecule has 0 spiro atoms. The minimum atomic E-state index is -2.82. The minimum absolute atomic E-state index is 0.194. The van der Waals surface area contributed by atoms with Gasteiger partial charge in [0.2, 0.25) is 0 Å². The second kappa shape index (κ2) is 8.21. The van der Waals surface area contributed by atoms with Crippen LogP contribution in [0.4, 0.5) is 0 Å². The second-order valence-corrected chi connectivity index (χ2v) is 4.75. The van der Waals surface area contributed by atoms with Crippen LogP contribution in [0.2, 0.25) is 0 Å². The topological polar surface area (TPSA) is 54.0 Å². The van der Waals surface area contributed by atoms with E-state index < -0.39 is 9.17 Å². The van der Waals surface area contributed by atoms with E-state index >= 15 is 0 Å². The van der Waals surface area contributed by atoms with Gasteiger partial charge in [-0.3, -0.25) is 4.46 Å². The summed E-state index contributed by atoms with van der Waals surface area (Å²) in [5.74, 6) is 0. The van der Waals surface area contributed by atoms with Crippen LogP contribution in [0.3, 0.4) is 0 Å². The molecule has 0 fully saturated rings. The zero-order chi connectivity index (χ0) is 14.0. The highest BCUT2D eigenvalue weighted by molar-refractivity contribution is 6.25. The van der Waals surface area contributed by atoms with Gasteiger partial charge in [0.25, 0.3) is 0 Å². The molecule has 0 amide bonds. The molecule has 2 aromatic rings. The predicted molar refractivity (Wildman–Crippen MR) is 71.1 cm³/mol. The fourth-order valence-electron chi connectivity index (χ4n) is 1.45. The van der Waals surface area contributed by atoms with Crippen molar-refractivity contribution in [2.75, 3.05) is 0 Å². The van der Waals surface area contributed by atoms with Crippen LogP contribution < -0.4 is 0 Å². The SMILES string of the molecule is O=[Si](OOCc1ccccc1)OOCc1ccccc1. The summed E-state index contributed by atoms with van der Waals surface area (Å²) < 4.78 is 20.5. The Morgan fingerprint density at radius 3 is 1.50 bits per heavy atom. The molecular weight excluding hydrogens is 276 g/mol. The first-order chi connectivity index (χ1) is 9.84. The summed E-state index contributed by atoms with van der Waals surface area (Å²) in [7, 11) is -2.82. The van der Waals surface area contributed by atoms with Crippen LogP contribution in [0.25, 0.3) is 0 Å². The van der Waals surface area contributed by atoms with Gasteiger partial charge in [-0.25, -0.2) is 0 Å². The maximum Gasteiger partial charge on any atom is 0.834 e. The van der Waals surface area contributed by atoms with Crippen molar-refractivity contribution in [3.05, 3.63) is 71.8 Å². The molecule has 20 heavy (non-hydrogen) atoms. The van der Waals surface area contributed by atoms with Gasteiger partial charge in [-0.15, -0.1) is 0 Å². The molecule has 0 aliphatic heterocycles. The summed E-state index contributed by atoms with van der Waals surface area (Å²) in [4.78, 5) is 9.62. The average Bonchev–Trinajstić information content (AvgIpc) is 2.49. The molecule has 0 aromatic heterocycles. The van der Waals surface area contributed by atoms with Crippen molar-refractivity contribution in [2.24, 2.45) is 0 Å². The van der Waals surface area contributed by atoms with E-state index in [1.54, 1.807) is 0 Å². The number of hydrogen-bond acceptors (Lipinski definition) is 5. The van der Waals surface area contributed by atoms with Gasteiger partial charge in [-0.2, -0.15) is 9.78 Å². The molecule has 0 unspecified atom stereocenters. The van der Waals surface area contributed by atoms with Crippen LogP contribution in [0.15, 0.2) is 60.7 Å². The molecule has 0 atom stereocenters. The first-order valence-electron chi connectivity index (χ1n) is 6.05. The summed E-state index contributed by atoms with van der Waals surface area (Å²) in [5.41, 5.74) is 1.82. The fraction of sp³-hybridized carbons (Fsp3) is 0.143. The summed E-state index contributed by atoms with van der Waals surface area (Å²) in [5, 5.41) is 0. The smallest absolute Gasteiger partial charge is 0.327 e. The van der Waals surface area contributed by atoms with E-state index in [4.69, 9.17) is 9.78 Å². The van der Waals surface area contributed by atoms with E-state index in [0.717, 1.165) is 11.1 Å². The number of benzene rings is 2. The maximum atomic E-state index is 11.3. The molecule has 0 aliphatic carbocycles. The van der Waals surface area contributed by atoms with Crippen LogP contribution in [0, 0.1) is 0 Å². The fourth-order valence-corrected chi connectivity index (χ4v) is 1.79. The lowest BCUT2D eigenvalue weighted by Crippen LogP contribution is -2.13. The Kier molecular flexibility index (Phi) is 5.90. The Balaban J connectivity index is 1.59. The van der Waals surface area contributed by atoms with Gasteiger partial charge in [0.05, 0.1) is 0 Å². The molecular formula is C14H14O5Si. The van der Waals surface area contributed by atoms with E-state index in [1.165, 1.54) is 0 Å².